The Balaban J connectivity index is 1.86. The number of alkyl halides is 3. The molecule has 1 N–H and O–H groups in total. The fraction of sp³-hybridized carbons (Fsp3) is 0.500. The molecule has 1 heterocycles. The number of carbonyl (C=O) groups excluding carboxylic acids is 1. The van der Waals surface area contributed by atoms with Crippen molar-refractivity contribution in [1.82, 2.24) is 4.90 Å². The van der Waals surface area contributed by atoms with Gasteiger partial charge in [0.05, 0.1) is 12.5 Å². The van der Waals surface area contributed by atoms with Crippen LogP contribution in [0.25, 0.3) is 0 Å². The Morgan fingerprint density at radius 3 is 2.62 bits per heavy atom. The van der Waals surface area contributed by atoms with Crippen LogP contribution < -0.4 is 5.32 Å². The van der Waals surface area contributed by atoms with Crippen molar-refractivity contribution in [3.8, 4) is 0 Å². The molecule has 116 valence electrons. The van der Waals surface area contributed by atoms with Gasteiger partial charge in [0.25, 0.3) is 0 Å². The van der Waals surface area contributed by atoms with Crippen LogP contribution in [-0.2, 0) is 4.79 Å². The van der Waals surface area contributed by atoms with E-state index >= 15 is 0 Å². The van der Waals surface area contributed by atoms with Gasteiger partial charge in [0.1, 0.15) is 0 Å². The molecule has 21 heavy (non-hydrogen) atoms. The second-order valence-electron chi connectivity index (χ2n) is 5.17. The van der Waals surface area contributed by atoms with Gasteiger partial charge in [-0.05, 0) is 43.7 Å². The van der Waals surface area contributed by atoms with Gasteiger partial charge in [-0.25, -0.2) is 0 Å². The van der Waals surface area contributed by atoms with E-state index in [9.17, 15) is 18.0 Å². The Bertz CT molecular complexity index is 490. The molecular formula is C14H16ClF3N2O. The molecule has 1 aliphatic rings. The first-order valence-corrected chi connectivity index (χ1v) is 7.07. The summed E-state index contributed by atoms with van der Waals surface area (Å²) in [5.41, 5.74) is 0.578. The quantitative estimate of drug-likeness (QED) is 0.923. The van der Waals surface area contributed by atoms with Crippen molar-refractivity contribution in [3.05, 3.63) is 29.3 Å². The molecule has 1 unspecified atom stereocenters. The van der Waals surface area contributed by atoms with Gasteiger partial charge >= 0.3 is 6.18 Å². The van der Waals surface area contributed by atoms with Crippen LogP contribution in [0.15, 0.2) is 24.3 Å². The molecule has 0 saturated carbocycles. The zero-order valence-electron chi connectivity index (χ0n) is 11.3. The van der Waals surface area contributed by atoms with Crippen LogP contribution in [0, 0.1) is 5.92 Å². The molecule has 0 radical (unpaired) electrons. The van der Waals surface area contributed by atoms with E-state index in [4.69, 9.17) is 11.6 Å². The number of hydrogen-bond donors (Lipinski definition) is 1. The highest BCUT2D eigenvalue weighted by atomic mass is 35.5. The predicted molar refractivity (Wildman–Crippen MR) is 75.3 cm³/mol. The normalized spacial score (nSPS) is 20.3. The molecule has 7 heteroatoms. The Morgan fingerprint density at radius 1 is 1.33 bits per heavy atom. The SMILES string of the molecule is O=C(CN1CCCC(C(F)(F)F)C1)Nc1ccc(Cl)cc1. The van der Waals surface area contributed by atoms with Gasteiger partial charge in [0.15, 0.2) is 0 Å². The van der Waals surface area contributed by atoms with Gasteiger partial charge < -0.3 is 5.32 Å². The molecule has 2 rings (SSSR count). The fourth-order valence-electron chi connectivity index (χ4n) is 2.40. The lowest BCUT2D eigenvalue weighted by molar-refractivity contribution is -0.186. The Hall–Kier alpha value is -1.27. The molecule has 0 aromatic heterocycles. The summed E-state index contributed by atoms with van der Waals surface area (Å²) >= 11 is 5.74. The van der Waals surface area contributed by atoms with Gasteiger partial charge in [-0.15, -0.1) is 0 Å². The Labute approximate surface area is 126 Å². The van der Waals surface area contributed by atoms with Crippen LogP contribution in [0.5, 0.6) is 0 Å². The third-order valence-electron chi connectivity index (χ3n) is 3.46. The third kappa shape index (κ3) is 4.89. The van der Waals surface area contributed by atoms with Gasteiger partial charge in [0.2, 0.25) is 5.91 Å². The lowest BCUT2D eigenvalue weighted by atomic mass is 9.97. The van der Waals surface area contributed by atoms with Crippen molar-refractivity contribution in [2.24, 2.45) is 5.92 Å². The van der Waals surface area contributed by atoms with E-state index in [2.05, 4.69) is 5.32 Å². The number of nitrogens with one attached hydrogen (secondary N) is 1. The molecule has 1 fully saturated rings. The number of amides is 1. The minimum Gasteiger partial charge on any atom is -0.325 e. The lowest BCUT2D eigenvalue weighted by Crippen LogP contribution is -2.44. The summed E-state index contributed by atoms with van der Waals surface area (Å²) in [5.74, 6) is -1.66. The second-order valence-corrected chi connectivity index (χ2v) is 5.61. The summed E-state index contributed by atoms with van der Waals surface area (Å²) in [6.07, 6.45) is -3.59. The van der Waals surface area contributed by atoms with Crippen molar-refractivity contribution >= 4 is 23.2 Å². The maximum atomic E-state index is 12.7. The summed E-state index contributed by atoms with van der Waals surface area (Å²) in [6, 6.07) is 6.57. The monoisotopic (exact) mass is 320 g/mol. The van der Waals surface area contributed by atoms with E-state index in [0.29, 0.717) is 23.7 Å². The molecule has 3 nitrogen and oxygen atoms in total. The standard InChI is InChI=1S/C14H16ClF3N2O/c15-11-3-5-12(6-4-11)19-13(21)9-20-7-1-2-10(8-20)14(16,17)18/h3-6,10H,1-2,7-9H2,(H,19,21). The number of rotatable bonds is 3. The highest BCUT2D eigenvalue weighted by molar-refractivity contribution is 6.30. The van der Waals surface area contributed by atoms with E-state index in [1.54, 1.807) is 29.2 Å². The van der Waals surface area contributed by atoms with Crippen LogP contribution in [0.4, 0.5) is 18.9 Å². The first kappa shape index (κ1) is 16.1. The minimum atomic E-state index is -4.19. The largest absolute Gasteiger partial charge is 0.393 e. The number of anilines is 1. The average molecular weight is 321 g/mol. The third-order valence-corrected chi connectivity index (χ3v) is 3.72. The molecule has 0 aliphatic carbocycles. The highest BCUT2D eigenvalue weighted by Crippen LogP contribution is 2.32. The van der Waals surface area contributed by atoms with Crippen LogP contribution in [-0.4, -0.2) is 36.6 Å². The van der Waals surface area contributed by atoms with Crippen LogP contribution >= 0.6 is 11.6 Å². The average Bonchev–Trinajstić information content (AvgIpc) is 2.41. The number of nitrogens with zero attached hydrogens (tertiary/aromatic N) is 1. The first-order chi connectivity index (χ1) is 9.84. The fourth-order valence-corrected chi connectivity index (χ4v) is 2.53. The number of hydrogen-bond acceptors (Lipinski definition) is 2. The zero-order valence-corrected chi connectivity index (χ0v) is 12.0. The summed E-state index contributed by atoms with van der Waals surface area (Å²) in [4.78, 5) is 13.4. The maximum absolute atomic E-state index is 12.7. The smallest absolute Gasteiger partial charge is 0.325 e. The molecule has 0 bridgehead atoms. The maximum Gasteiger partial charge on any atom is 0.393 e. The van der Waals surface area contributed by atoms with Crippen molar-refractivity contribution < 1.29 is 18.0 Å². The van der Waals surface area contributed by atoms with E-state index in [0.717, 1.165) is 0 Å². The number of piperidine rings is 1. The second kappa shape index (κ2) is 6.66. The zero-order chi connectivity index (χ0) is 15.5. The number of likely N-dealkylation sites (tertiary alicyclic amines) is 1. The van der Waals surface area contributed by atoms with E-state index < -0.39 is 12.1 Å². The molecule has 1 aromatic rings. The number of carbonyl (C=O) groups is 1. The van der Waals surface area contributed by atoms with Crippen molar-refractivity contribution in [1.29, 1.82) is 0 Å². The summed E-state index contributed by atoms with van der Waals surface area (Å²) in [7, 11) is 0. The molecule has 1 aliphatic heterocycles. The molecule has 0 spiro atoms. The predicted octanol–water partition coefficient (Wildman–Crippen LogP) is 3.55. The molecular weight excluding hydrogens is 305 g/mol. The Morgan fingerprint density at radius 2 is 2.00 bits per heavy atom. The van der Waals surface area contributed by atoms with E-state index in [-0.39, 0.29) is 25.4 Å². The van der Waals surface area contributed by atoms with Crippen LogP contribution in [0.1, 0.15) is 12.8 Å². The highest BCUT2D eigenvalue weighted by Gasteiger charge is 2.41. The van der Waals surface area contributed by atoms with Crippen LogP contribution in [0.2, 0.25) is 5.02 Å². The van der Waals surface area contributed by atoms with Crippen molar-refractivity contribution in [2.75, 3.05) is 25.0 Å². The first-order valence-electron chi connectivity index (χ1n) is 6.69. The summed E-state index contributed by atoms with van der Waals surface area (Å²) < 4.78 is 38.1. The van der Waals surface area contributed by atoms with Crippen molar-refractivity contribution in [3.63, 3.8) is 0 Å². The molecule has 1 saturated heterocycles. The van der Waals surface area contributed by atoms with Gasteiger partial charge in [-0.3, -0.25) is 9.69 Å². The van der Waals surface area contributed by atoms with Crippen molar-refractivity contribution in [2.45, 2.75) is 19.0 Å². The number of benzene rings is 1. The number of halogens is 4. The topological polar surface area (TPSA) is 32.3 Å². The van der Waals surface area contributed by atoms with Gasteiger partial charge in [-0.2, -0.15) is 13.2 Å². The Kier molecular flexibility index (Phi) is 5.11. The molecule has 1 aromatic carbocycles. The summed E-state index contributed by atoms with van der Waals surface area (Å²) in [5, 5.41) is 3.20. The van der Waals surface area contributed by atoms with Crippen LogP contribution in [0.3, 0.4) is 0 Å². The molecule has 1 amide bonds. The van der Waals surface area contributed by atoms with E-state index in [1.807, 2.05) is 0 Å². The summed E-state index contributed by atoms with van der Waals surface area (Å²) in [6.45, 7) is 0.368. The minimum absolute atomic E-state index is 0.0325. The molecule has 1 atom stereocenters. The van der Waals surface area contributed by atoms with E-state index in [1.165, 1.54) is 0 Å². The van der Waals surface area contributed by atoms with Gasteiger partial charge in [-0.1, -0.05) is 11.6 Å². The lowest BCUT2D eigenvalue weighted by Gasteiger charge is -2.33. The van der Waals surface area contributed by atoms with Gasteiger partial charge in [0, 0.05) is 17.3 Å².